The van der Waals surface area contributed by atoms with Crippen LogP contribution in [0.25, 0.3) is 0 Å². The smallest absolute Gasteiger partial charge is 0.293 e. The molecule has 0 bridgehead atoms. The molecule has 0 aliphatic carbocycles. The van der Waals surface area contributed by atoms with Gasteiger partial charge in [0, 0.05) is 0 Å². The molecule has 1 aliphatic rings. The van der Waals surface area contributed by atoms with Crippen LogP contribution in [0.4, 0.5) is 0 Å². The Balaban J connectivity index is 1.63. The maximum absolute atomic E-state index is 5.43. The molecule has 2 heterocycles. The fourth-order valence-electron chi connectivity index (χ4n) is 1.50. The minimum absolute atomic E-state index is 0.686. The van der Waals surface area contributed by atoms with Crippen LogP contribution in [-0.2, 0) is 0 Å². The minimum Gasteiger partial charge on any atom is -0.469 e. The van der Waals surface area contributed by atoms with E-state index in [-0.39, 0.29) is 0 Å². The summed E-state index contributed by atoms with van der Waals surface area (Å²) in [4.78, 5) is 0. The number of ether oxygens (including phenoxy) is 1. The van der Waals surface area contributed by atoms with Crippen LogP contribution in [0.15, 0.2) is 5.51 Å². The van der Waals surface area contributed by atoms with Gasteiger partial charge in [-0.3, -0.25) is 0 Å². The van der Waals surface area contributed by atoms with Crippen molar-refractivity contribution in [2.45, 2.75) is 12.8 Å². The average Bonchev–Trinajstić information content (AvgIpc) is 2.75. The molecule has 1 fully saturated rings. The van der Waals surface area contributed by atoms with Crippen LogP contribution in [0.1, 0.15) is 12.8 Å². The molecular weight excluding hydrogens is 186 g/mol. The van der Waals surface area contributed by atoms with Crippen LogP contribution < -0.4 is 10.1 Å². The summed E-state index contributed by atoms with van der Waals surface area (Å²) >= 11 is 1.45. The maximum Gasteiger partial charge on any atom is 0.293 e. The highest BCUT2D eigenvalue weighted by atomic mass is 32.1. The predicted molar refractivity (Wildman–Crippen MR) is 51.0 cm³/mol. The molecule has 1 aliphatic heterocycles. The lowest BCUT2D eigenvalue weighted by atomic mass is 10.1. The van der Waals surface area contributed by atoms with Gasteiger partial charge in [-0.05, 0) is 31.8 Å². The first-order chi connectivity index (χ1) is 6.45. The van der Waals surface area contributed by atoms with Crippen molar-refractivity contribution in [3.8, 4) is 5.19 Å². The summed E-state index contributed by atoms with van der Waals surface area (Å²) < 4.78 is 5.43. The van der Waals surface area contributed by atoms with Crippen LogP contribution in [0.2, 0.25) is 0 Å². The molecule has 1 unspecified atom stereocenters. The van der Waals surface area contributed by atoms with E-state index in [1.807, 2.05) is 0 Å². The van der Waals surface area contributed by atoms with Crippen LogP contribution in [-0.4, -0.2) is 29.9 Å². The van der Waals surface area contributed by atoms with Gasteiger partial charge in [-0.15, -0.1) is 10.2 Å². The number of aromatic nitrogens is 2. The Bertz CT molecular complexity index is 234. The van der Waals surface area contributed by atoms with Crippen LogP contribution in [0.5, 0.6) is 5.19 Å². The van der Waals surface area contributed by atoms with E-state index in [4.69, 9.17) is 4.74 Å². The van der Waals surface area contributed by atoms with Crippen molar-refractivity contribution in [3.63, 3.8) is 0 Å². The molecule has 72 valence electrons. The lowest BCUT2D eigenvalue weighted by molar-refractivity contribution is 0.280. The van der Waals surface area contributed by atoms with Crippen molar-refractivity contribution in [1.82, 2.24) is 15.5 Å². The summed E-state index contributed by atoms with van der Waals surface area (Å²) in [5, 5.41) is 11.5. The largest absolute Gasteiger partial charge is 0.469 e. The normalized spacial score (nSPS) is 22.0. The minimum atomic E-state index is 0.686. The summed E-state index contributed by atoms with van der Waals surface area (Å²) in [5.41, 5.74) is 1.69. The Morgan fingerprint density at radius 3 is 3.38 bits per heavy atom. The van der Waals surface area contributed by atoms with Gasteiger partial charge in [0.25, 0.3) is 5.19 Å². The van der Waals surface area contributed by atoms with Crippen LogP contribution >= 0.6 is 11.3 Å². The summed E-state index contributed by atoms with van der Waals surface area (Å²) in [6.07, 6.45) is 2.39. The third kappa shape index (κ3) is 2.63. The van der Waals surface area contributed by atoms with Crippen molar-refractivity contribution in [2.24, 2.45) is 5.92 Å². The molecule has 0 radical (unpaired) electrons. The summed E-state index contributed by atoms with van der Waals surface area (Å²) in [6, 6.07) is 0. The van der Waals surface area contributed by atoms with E-state index in [1.54, 1.807) is 5.51 Å². The Morgan fingerprint density at radius 2 is 2.69 bits per heavy atom. The molecule has 4 nitrogen and oxygen atoms in total. The third-order valence-corrected chi connectivity index (χ3v) is 2.85. The Hall–Kier alpha value is -0.680. The zero-order valence-electron chi connectivity index (χ0n) is 7.40. The predicted octanol–water partition coefficient (Wildman–Crippen LogP) is 0.916. The summed E-state index contributed by atoms with van der Waals surface area (Å²) in [7, 11) is 0. The first-order valence-corrected chi connectivity index (χ1v) is 5.43. The van der Waals surface area contributed by atoms with E-state index in [0.29, 0.717) is 5.19 Å². The van der Waals surface area contributed by atoms with E-state index < -0.39 is 0 Å². The van der Waals surface area contributed by atoms with E-state index in [9.17, 15) is 0 Å². The van der Waals surface area contributed by atoms with Gasteiger partial charge in [-0.1, -0.05) is 11.3 Å². The molecule has 1 aromatic rings. The summed E-state index contributed by atoms with van der Waals surface area (Å²) in [6.45, 7) is 3.06. The van der Waals surface area contributed by atoms with E-state index in [0.717, 1.165) is 32.0 Å². The topological polar surface area (TPSA) is 47.0 Å². The van der Waals surface area contributed by atoms with E-state index in [1.165, 1.54) is 17.8 Å². The first-order valence-electron chi connectivity index (χ1n) is 4.55. The van der Waals surface area contributed by atoms with Gasteiger partial charge < -0.3 is 10.1 Å². The van der Waals surface area contributed by atoms with E-state index in [2.05, 4.69) is 15.5 Å². The number of hydrogen-bond donors (Lipinski definition) is 1. The molecule has 0 amide bonds. The fourth-order valence-corrected chi connectivity index (χ4v) is 1.93. The second-order valence-electron chi connectivity index (χ2n) is 3.20. The molecule has 1 saturated heterocycles. The maximum atomic E-state index is 5.43. The van der Waals surface area contributed by atoms with Crippen molar-refractivity contribution in [3.05, 3.63) is 5.51 Å². The number of hydrogen-bond acceptors (Lipinski definition) is 5. The molecule has 2 rings (SSSR count). The van der Waals surface area contributed by atoms with Crippen molar-refractivity contribution < 1.29 is 4.74 Å². The lowest BCUT2D eigenvalue weighted by Gasteiger charge is -2.06. The fraction of sp³-hybridized carbons (Fsp3) is 0.750. The van der Waals surface area contributed by atoms with Gasteiger partial charge in [-0.25, -0.2) is 0 Å². The number of rotatable bonds is 4. The highest BCUT2D eigenvalue weighted by Gasteiger charge is 2.14. The van der Waals surface area contributed by atoms with Gasteiger partial charge in [0.15, 0.2) is 0 Å². The van der Waals surface area contributed by atoms with Crippen molar-refractivity contribution >= 4 is 11.3 Å². The first kappa shape index (κ1) is 8.90. The third-order valence-electron chi connectivity index (χ3n) is 2.25. The van der Waals surface area contributed by atoms with Crippen molar-refractivity contribution in [2.75, 3.05) is 19.7 Å². The molecule has 0 saturated carbocycles. The number of nitrogens with one attached hydrogen (secondary N) is 1. The van der Waals surface area contributed by atoms with Gasteiger partial charge in [-0.2, -0.15) is 0 Å². The lowest BCUT2D eigenvalue weighted by Crippen LogP contribution is -2.11. The molecule has 5 heteroatoms. The zero-order valence-corrected chi connectivity index (χ0v) is 8.22. The standard InChI is InChI=1S/C8H13N3OS/c1-3-9-5-7(1)2-4-12-8-11-10-6-13-8/h6-7,9H,1-5H2. The van der Waals surface area contributed by atoms with Gasteiger partial charge in [0.1, 0.15) is 5.51 Å². The molecule has 0 spiro atoms. The second kappa shape index (κ2) is 4.53. The molecule has 1 aromatic heterocycles. The van der Waals surface area contributed by atoms with Crippen LogP contribution in [0.3, 0.4) is 0 Å². The quantitative estimate of drug-likeness (QED) is 0.783. The molecule has 1 atom stereocenters. The summed E-state index contributed by atoms with van der Waals surface area (Å²) in [5.74, 6) is 0.785. The second-order valence-corrected chi connectivity index (χ2v) is 4.00. The average molecular weight is 199 g/mol. The molecule has 13 heavy (non-hydrogen) atoms. The monoisotopic (exact) mass is 199 g/mol. The van der Waals surface area contributed by atoms with E-state index >= 15 is 0 Å². The van der Waals surface area contributed by atoms with Crippen LogP contribution in [0, 0.1) is 5.92 Å². The van der Waals surface area contributed by atoms with Gasteiger partial charge in [0.2, 0.25) is 0 Å². The number of nitrogens with zero attached hydrogens (tertiary/aromatic N) is 2. The van der Waals surface area contributed by atoms with Gasteiger partial charge >= 0.3 is 0 Å². The molecule has 0 aromatic carbocycles. The molecule has 1 N–H and O–H groups in total. The Morgan fingerprint density at radius 1 is 1.69 bits per heavy atom. The Kier molecular flexibility index (Phi) is 3.10. The highest BCUT2D eigenvalue weighted by molar-refractivity contribution is 7.11. The zero-order chi connectivity index (χ0) is 8.93. The van der Waals surface area contributed by atoms with Gasteiger partial charge in [0.05, 0.1) is 6.61 Å². The van der Waals surface area contributed by atoms with Crippen molar-refractivity contribution in [1.29, 1.82) is 0 Å². The SMILES string of the molecule is c1nnc(OCCC2CCNC2)s1. The highest BCUT2D eigenvalue weighted by Crippen LogP contribution is 2.15. The molecular formula is C8H13N3OS. The Labute approximate surface area is 81.3 Å².